The number of hydrazine groups is 1. The van der Waals surface area contributed by atoms with Crippen molar-refractivity contribution in [3.05, 3.63) is 65.2 Å². The number of ether oxygens (including phenoxy) is 1. The molecule has 0 radical (unpaired) electrons. The Labute approximate surface area is 174 Å². The van der Waals surface area contributed by atoms with Crippen molar-refractivity contribution in [2.24, 2.45) is 5.92 Å². The molecule has 3 aromatic rings. The van der Waals surface area contributed by atoms with E-state index in [9.17, 15) is 4.79 Å². The molecule has 4 N–H and O–H groups in total. The van der Waals surface area contributed by atoms with Gasteiger partial charge in [-0.3, -0.25) is 10.2 Å². The second kappa shape index (κ2) is 8.63. The van der Waals surface area contributed by atoms with Gasteiger partial charge in [0.2, 0.25) is 0 Å². The Kier molecular flexibility index (Phi) is 5.78. The molecule has 1 heterocycles. The molecule has 1 aliphatic carbocycles. The summed E-state index contributed by atoms with van der Waals surface area (Å²) in [6.07, 6.45) is 4.17. The van der Waals surface area contributed by atoms with Crippen LogP contribution in [0.1, 0.15) is 41.7 Å². The van der Waals surface area contributed by atoms with E-state index in [0.29, 0.717) is 29.5 Å². The molecule has 29 heavy (non-hydrogen) atoms. The minimum Gasteiger partial charge on any atom is -0.492 e. The maximum absolute atomic E-state index is 12.7. The number of benzene rings is 2. The molecular formula is C22H24N4O2S. The van der Waals surface area contributed by atoms with E-state index >= 15 is 0 Å². The average molecular weight is 409 g/mol. The molecule has 6 nitrogen and oxygen atoms in total. The summed E-state index contributed by atoms with van der Waals surface area (Å²) in [6.45, 7) is 2.63. The van der Waals surface area contributed by atoms with E-state index in [0.717, 1.165) is 16.1 Å². The predicted molar refractivity (Wildman–Crippen MR) is 116 cm³/mol. The molecule has 4 rings (SSSR count). The second-order valence-electron chi connectivity index (χ2n) is 7.29. The van der Waals surface area contributed by atoms with Crippen LogP contribution in [0.25, 0.3) is 10.6 Å². The van der Waals surface area contributed by atoms with Crippen LogP contribution < -0.4 is 21.3 Å². The van der Waals surface area contributed by atoms with Crippen molar-refractivity contribution in [1.29, 1.82) is 0 Å². The van der Waals surface area contributed by atoms with Crippen LogP contribution in [0.4, 0.5) is 5.69 Å². The number of aromatic nitrogens is 1. The van der Waals surface area contributed by atoms with Crippen molar-refractivity contribution in [3.63, 3.8) is 0 Å². The zero-order chi connectivity index (χ0) is 20.2. The Hall–Kier alpha value is -2.90. The van der Waals surface area contributed by atoms with Crippen LogP contribution in [-0.2, 0) is 0 Å². The highest BCUT2D eigenvalue weighted by Gasteiger charge is 2.23. The van der Waals surface area contributed by atoms with E-state index < -0.39 is 0 Å². The molecule has 0 spiro atoms. The maximum atomic E-state index is 12.7. The summed E-state index contributed by atoms with van der Waals surface area (Å²) in [5.74, 6) is 0.890. The molecule has 1 saturated carbocycles. The third-order valence-corrected chi connectivity index (χ3v) is 5.71. The summed E-state index contributed by atoms with van der Waals surface area (Å²) < 4.78 is 5.84. The fourth-order valence-corrected chi connectivity index (χ4v) is 3.61. The van der Waals surface area contributed by atoms with E-state index in [1.54, 1.807) is 35.7 Å². The Balaban J connectivity index is 1.41. The molecule has 150 valence electrons. The summed E-state index contributed by atoms with van der Waals surface area (Å²) in [5, 5.41) is 2.93. The number of anilines is 1. The van der Waals surface area contributed by atoms with Gasteiger partial charge in [0.1, 0.15) is 10.8 Å². The van der Waals surface area contributed by atoms with Crippen molar-refractivity contribution in [3.8, 4) is 16.3 Å². The molecule has 1 unspecified atom stereocenters. The number of hydrogen-bond acceptors (Lipinski definition) is 6. The number of nitrogens with one attached hydrogen (secondary N) is 2. The first-order valence-corrected chi connectivity index (χ1v) is 10.6. The molecular weight excluding hydrogens is 384 g/mol. The third-order valence-electron chi connectivity index (χ3n) is 4.89. The van der Waals surface area contributed by atoms with Crippen LogP contribution >= 0.6 is 11.3 Å². The van der Waals surface area contributed by atoms with E-state index in [1.165, 1.54) is 12.8 Å². The van der Waals surface area contributed by atoms with Gasteiger partial charge in [-0.05, 0) is 55.5 Å². The number of carbonyl (C=O) groups excluding carboxylic acids is 1. The number of carbonyl (C=O) groups is 1. The quantitative estimate of drug-likeness (QED) is 0.384. The number of rotatable bonds is 8. The zero-order valence-electron chi connectivity index (χ0n) is 16.2. The van der Waals surface area contributed by atoms with E-state index in [1.807, 2.05) is 30.5 Å². The van der Waals surface area contributed by atoms with Gasteiger partial charge in [-0.25, -0.2) is 10.4 Å². The Morgan fingerprint density at radius 3 is 2.93 bits per heavy atom. The van der Waals surface area contributed by atoms with E-state index in [-0.39, 0.29) is 11.9 Å². The van der Waals surface area contributed by atoms with Gasteiger partial charge in [-0.1, -0.05) is 18.2 Å². The first kappa shape index (κ1) is 19.4. The fraction of sp³-hybridized carbons (Fsp3) is 0.273. The van der Waals surface area contributed by atoms with Gasteiger partial charge >= 0.3 is 0 Å². The third kappa shape index (κ3) is 4.93. The average Bonchev–Trinajstić information content (AvgIpc) is 3.41. The normalized spacial score (nSPS) is 14.4. The minimum atomic E-state index is -0.272. The molecule has 1 amide bonds. The van der Waals surface area contributed by atoms with E-state index in [2.05, 4.69) is 21.9 Å². The molecule has 1 atom stereocenters. The topological polar surface area (TPSA) is 89.3 Å². The molecule has 2 aromatic carbocycles. The fourth-order valence-electron chi connectivity index (χ4n) is 2.97. The highest BCUT2D eigenvalue weighted by atomic mass is 32.1. The lowest BCUT2D eigenvalue weighted by molar-refractivity contribution is 0.0922. The maximum Gasteiger partial charge on any atom is 0.269 e. The number of nitrogen functional groups attached to an aromatic ring is 1. The molecule has 1 aliphatic rings. The van der Waals surface area contributed by atoms with Gasteiger partial charge in [-0.2, -0.15) is 0 Å². The van der Waals surface area contributed by atoms with E-state index in [4.69, 9.17) is 10.5 Å². The SMILES string of the molecule is CC(NNC(=O)c1cc(N)ccc1OCC1CC1)c1cccc(-c2nccs2)c1. The van der Waals surface area contributed by atoms with Crippen LogP contribution in [-0.4, -0.2) is 17.5 Å². The van der Waals surface area contributed by atoms with Gasteiger partial charge in [-0.15, -0.1) is 11.3 Å². The summed E-state index contributed by atoms with van der Waals surface area (Å²) in [4.78, 5) is 17.1. The number of thiazole rings is 1. The Morgan fingerprint density at radius 1 is 1.31 bits per heavy atom. The summed E-state index contributed by atoms with van der Waals surface area (Å²) >= 11 is 1.60. The Bertz CT molecular complexity index is 986. The predicted octanol–water partition coefficient (Wildman–Crippen LogP) is 4.18. The lowest BCUT2D eigenvalue weighted by Crippen LogP contribution is -2.39. The summed E-state index contributed by atoms with van der Waals surface area (Å²) in [6, 6.07) is 13.2. The smallest absolute Gasteiger partial charge is 0.269 e. The number of amides is 1. The van der Waals surface area contributed by atoms with Crippen LogP contribution in [0.3, 0.4) is 0 Å². The lowest BCUT2D eigenvalue weighted by Gasteiger charge is -2.17. The first-order valence-electron chi connectivity index (χ1n) is 9.68. The molecule has 1 aromatic heterocycles. The van der Waals surface area contributed by atoms with Crippen LogP contribution in [0.5, 0.6) is 5.75 Å². The van der Waals surface area contributed by atoms with Crippen molar-refractivity contribution in [2.75, 3.05) is 12.3 Å². The van der Waals surface area contributed by atoms with Gasteiger partial charge in [0.15, 0.2) is 0 Å². The molecule has 7 heteroatoms. The van der Waals surface area contributed by atoms with Crippen molar-refractivity contribution in [2.45, 2.75) is 25.8 Å². The largest absolute Gasteiger partial charge is 0.492 e. The number of nitrogens with two attached hydrogens (primary N) is 1. The van der Waals surface area contributed by atoms with Crippen LogP contribution in [0, 0.1) is 5.92 Å². The lowest BCUT2D eigenvalue weighted by atomic mass is 10.1. The van der Waals surface area contributed by atoms with Crippen LogP contribution in [0.15, 0.2) is 54.0 Å². The highest BCUT2D eigenvalue weighted by Crippen LogP contribution is 2.31. The van der Waals surface area contributed by atoms with Gasteiger partial charge < -0.3 is 10.5 Å². The van der Waals surface area contributed by atoms with Gasteiger partial charge in [0.05, 0.1) is 12.2 Å². The molecule has 1 fully saturated rings. The first-order chi connectivity index (χ1) is 14.1. The van der Waals surface area contributed by atoms with Crippen LogP contribution in [0.2, 0.25) is 0 Å². The molecule has 0 aliphatic heterocycles. The summed E-state index contributed by atoms with van der Waals surface area (Å²) in [5.41, 5.74) is 14.8. The van der Waals surface area contributed by atoms with Gasteiger partial charge in [0.25, 0.3) is 5.91 Å². The molecule has 0 saturated heterocycles. The second-order valence-corrected chi connectivity index (χ2v) is 8.19. The van der Waals surface area contributed by atoms with Crippen molar-refractivity contribution in [1.82, 2.24) is 15.8 Å². The number of hydrogen-bond donors (Lipinski definition) is 3. The highest BCUT2D eigenvalue weighted by molar-refractivity contribution is 7.13. The Morgan fingerprint density at radius 2 is 2.17 bits per heavy atom. The number of nitrogens with zero attached hydrogens (tertiary/aromatic N) is 1. The van der Waals surface area contributed by atoms with Crippen molar-refractivity contribution >= 4 is 22.9 Å². The minimum absolute atomic E-state index is 0.0873. The zero-order valence-corrected chi connectivity index (χ0v) is 17.0. The summed E-state index contributed by atoms with van der Waals surface area (Å²) in [7, 11) is 0. The molecule has 0 bridgehead atoms. The standard InChI is InChI=1S/C22H24N4O2S/c1-14(16-3-2-4-17(11-16)22-24-9-10-29-22)25-26-21(27)19-12-18(23)7-8-20(19)28-13-15-5-6-15/h2-4,7-12,14-15,25H,5-6,13,23H2,1H3,(H,26,27). The van der Waals surface area contributed by atoms with Crippen molar-refractivity contribution < 1.29 is 9.53 Å². The van der Waals surface area contributed by atoms with Gasteiger partial charge in [0, 0.05) is 28.9 Å². The monoisotopic (exact) mass is 408 g/mol.